The van der Waals surface area contributed by atoms with E-state index in [0.29, 0.717) is 6.07 Å². The molecule has 0 aromatic heterocycles. The van der Waals surface area contributed by atoms with Crippen LogP contribution in [0.4, 0.5) is 34.3 Å². The van der Waals surface area contributed by atoms with Crippen LogP contribution in [0.25, 0.3) is 0 Å². The fourth-order valence-corrected chi connectivity index (χ4v) is 3.28. The number of carbonyl (C=O) groups excluding carboxylic acids is 2. The molecule has 0 bridgehead atoms. The number of amides is 2. The number of hydrogen-bond acceptors (Lipinski definition) is 3. The average molecular weight is 434 g/mol. The Kier molecular flexibility index (Phi) is 4.91. The Balaban J connectivity index is 2.21. The Bertz CT molecular complexity index is 794. The second kappa shape index (κ2) is 6.19. The van der Waals surface area contributed by atoms with Gasteiger partial charge in [0.05, 0.1) is 6.54 Å². The number of rotatable bonds is 3. The monoisotopic (exact) mass is 434 g/mol. The molecular formula is C16H20F6N2O3S. The number of hydrogen-bond donors (Lipinski definition) is 1. The summed E-state index contributed by atoms with van der Waals surface area (Å²) >= 11 is 0. The van der Waals surface area contributed by atoms with Crippen LogP contribution in [0, 0.1) is 0 Å². The van der Waals surface area contributed by atoms with Crippen LogP contribution in [0.5, 0.6) is 0 Å². The summed E-state index contributed by atoms with van der Waals surface area (Å²) in [5.41, 5.74) is -1.47. The standard InChI is InChI=1S/C16H20F6N2O3S/c1-16(2,3)27-15(26)24-9-10(17)7-13(24)14(25)23-11-5-4-6-12(8-11)28(18,19,20,21)22/h4-6,8,10,13H,7,9H2,1-3H3,(H,23,25)/t10-,13+/m1/s1. The van der Waals surface area contributed by atoms with E-state index in [1.165, 1.54) is 0 Å². The number of halogens is 6. The molecule has 1 aromatic rings. The van der Waals surface area contributed by atoms with Gasteiger partial charge in [0.25, 0.3) is 0 Å². The zero-order valence-electron chi connectivity index (χ0n) is 15.2. The van der Waals surface area contributed by atoms with E-state index in [0.717, 1.165) is 11.0 Å². The first kappa shape index (κ1) is 22.2. The molecule has 1 fully saturated rings. The first-order valence-corrected chi connectivity index (χ1v) is 10.1. The van der Waals surface area contributed by atoms with E-state index < -0.39 is 63.6 Å². The third-order valence-corrected chi connectivity index (χ3v) is 4.87. The molecular weight excluding hydrogens is 414 g/mol. The van der Waals surface area contributed by atoms with Gasteiger partial charge in [0.15, 0.2) is 0 Å². The van der Waals surface area contributed by atoms with Gasteiger partial charge < -0.3 is 10.1 Å². The molecule has 5 nitrogen and oxygen atoms in total. The second-order valence-corrected chi connectivity index (χ2v) is 9.88. The smallest absolute Gasteiger partial charge is 0.411 e. The van der Waals surface area contributed by atoms with Crippen molar-refractivity contribution in [3.63, 3.8) is 0 Å². The van der Waals surface area contributed by atoms with Crippen molar-refractivity contribution >= 4 is 27.9 Å². The maximum absolute atomic E-state index is 13.8. The van der Waals surface area contributed by atoms with Crippen molar-refractivity contribution in [1.29, 1.82) is 0 Å². The molecule has 1 N–H and O–H groups in total. The molecule has 2 atom stereocenters. The molecule has 2 amide bonds. The third-order valence-electron chi connectivity index (χ3n) is 3.73. The fraction of sp³-hybridized carbons (Fsp3) is 0.500. The Morgan fingerprint density at radius 2 is 1.79 bits per heavy atom. The molecule has 160 valence electrons. The Hall–Kier alpha value is -2.11. The summed E-state index contributed by atoms with van der Waals surface area (Å²) in [5, 5.41) is 2.03. The van der Waals surface area contributed by atoms with Crippen molar-refractivity contribution in [2.24, 2.45) is 0 Å². The van der Waals surface area contributed by atoms with Gasteiger partial charge in [0.1, 0.15) is 22.7 Å². The van der Waals surface area contributed by atoms with Crippen LogP contribution in [-0.4, -0.2) is 41.3 Å². The van der Waals surface area contributed by atoms with Crippen LogP contribution in [0.15, 0.2) is 29.2 Å². The predicted molar refractivity (Wildman–Crippen MR) is 92.7 cm³/mol. The van der Waals surface area contributed by atoms with Crippen molar-refractivity contribution in [2.45, 2.75) is 49.9 Å². The number of carbonyl (C=O) groups is 2. The normalized spacial score (nSPS) is 23.0. The second-order valence-electron chi connectivity index (χ2n) is 7.47. The van der Waals surface area contributed by atoms with Crippen LogP contribution in [0.1, 0.15) is 27.2 Å². The number of alkyl halides is 1. The minimum atomic E-state index is -9.93. The van der Waals surface area contributed by atoms with E-state index in [1.54, 1.807) is 20.8 Å². The highest BCUT2D eigenvalue weighted by Crippen LogP contribution is 3.02. The third kappa shape index (κ3) is 5.69. The van der Waals surface area contributed by atoms with Gasteiger partial charge in [-0.15, -0.1) is 0 Å². The van der Waals surface area contributed by atoms with Gasteiger partial charge in [-0.05, 0) is 39.0 Å². The van der Waals surface area contributed by atoms with E-state index in [1.807, 2.05) is 5.32 Å². The highest BCUT2D eigenvalue weighted by atomic mass is 32.5. The van der Waals surface area contributed by atoms with E-state index in [-0.39, 0.29) is 12.1 Å². The highest BCUT2D eigenvalue weighted by Gasteiger charge is 2.65. The molecule has 2 rings (SSSR count). The van der Waals surface area contributed by atoms with Crippen LogP contribution in [0.2, 0.25) is 0 Å². The molecule has 0 aliphatic carbocycles. The van der Waals surface area contributed by atoms with Crippen LogP contribution < -0.4 is 5.32 Å². The Morgan fingerprint density at radius 1 is 1.18 bits per heavy atom. The van der Waals surface area contributed by atoms with Gasteiger partial charge in [-0.1, -0.05) is 25.5 Å². The quantitative estimate of drug-likeness (QED) is 0.628. The maximum atomic E-state index is 13.8. The van der Waals surface area contributed by atoms with Crippen molar-refractivity contribution in [1.82, 2.24) is 4.90 Å². The Labute approximate surface area is 157 Å². The van der Waals surface area contributed by atoms with Crippen LogP contribution >= 0.6 is 10.2 Å². The molecule has 0 saturated carbocycles. The van der Waals surface area contributed by atoms with Gasteiger partial charge in [0, 0.05) is 12.1 Å². The van der Waals surface area contributed by atoms with E-state index in [2.05, 4.69) is 0 Å². The predicted octanol–water partition coefficient (Wildman–Crippen LogP) is 5.63. The van der Waals surface area contributed by atoms with Gasteiger partial charge in [-0.3, -0.25) is 9.69 Å². The van der Waals surface area contributed by atoms with Crippen molar-refractivity contribution in [3.05, 3.63) is 24.3 Å². The fourth-order valence-electron chi connectivity index (χ4n) is 2.59. The summed E-state index contributed by atoms with van der Waals surface area (Å²) in [6.07, 6.45) is -2.90. The minimum absolute atomic E-state index is 0.0964. The summed E-state index contributed by atoms with van der Waals surface area (Å²) < 4.78 is 83.4. The van der Waals surface area contributed by atoms with E-state index in [4.69, 9.17) is 4.74 Å². The number of nitrogens with zero attached hydrogens (tertiary/aromatic N) is 1. The lowest BCUT2D eigenvalue weighted by Crippen LogP contribution is -2.45. The molecule has 1 aliphatic rings. The van der Waals surface area contributed by atoms with Crippen molar-refractivity contribution < 1.29 is 38.1 Å². The van der Waals surface area contributed by atoms with Crippen LogP contribution in [-0.2, 0) is 9.53 Å². The molecule has 1 aromatic carbocycles. The van der Waals surface area contributed by atoms with Gasteiger partial charge in [0.2, 0.25) is 5.91 Å². The van der Waals surface area contributed by atoms with Crippen molar-refractivity contribution in [3.8, 4) is 0 Å². The lowest BCUT2D eigenvalue weighted by molar-refractivity contribution is -0.120. The maximum Gasteiger partial charge on any atom is 0.411 e. The summed E-state index contributed by atoms with van der Waals surface area (Å²) in [6, 6.07) is 0.621. The first-order chi connectivity index (χ1) is 12.4. The van der Waals surface area contributed by atoms with Gasteiger partial charge >= 0.3 is 16.3 Å². The van der Waals surface area contributed by atoms with E-state index >= 15 is 0 Å². The van der Waals surface area contributed by atoms with Gasteiger partial charge in [-0.2, -0.15) is 0 Å². The largest absolute Gasteiger partial charge is 0.444 e. The summed E-state index contributed by atoms with van der Waals surface area (Å²) in [6.45, 7) is 4.26. The zero-order valence-corrected chi connectivity index (χ0v) is 16.0. The van der Waals surface area contributed by atoms with Crippen LogP contribution in [0.3, 0.4) is 0 Å². The molecule has 1 aliphatic heterocycles. The number of likely N-dealkylation sites (tertiary alicyclic amines) is 1. The molecule has 12 heteroatoms. The number of benzene rings is 1. The molecule has 1 saturated heterocycles. The summed E-state index contributed by atoms with van der Waals surface area (Å²) in [7, 11) is -9.93. The number of anilines is 1. The number of nitrogens with one attached hydrogen (secondary N) is 1. The van der Waals surface area contributed by atoms with Crippen molar-refractivity contribution in [2.75, 3.05) is 11.9 Å². The van der Waals surface area contributed by atoms with Gasteiger partial charge in [-0.25, -0.2) is 9.18 Å². The lowest BCUT2D eigenvalue weighted by atomic mass is 10.2. The first-order valence-electron chi connectivity index (χ1n) is 8.14. The zero-order chi connectivity index (χ0) is 21.6. The Morgan fingerprint density at radius 3 is 2.32 bits per heavy atom. The topological polar surface area (TPSA) is 58.6 Å². The molecule has 0 radical (unpaired) electrons. The highest BCUT2D eigenvalue weighted by molar-refractivity contribution is 8.45. The average Bonchev–Trinajstić information content (AvgIpc) is 2.86. The SMILES string of the molecule is CC(C)(C)OC(=O)N1C[C@H](F)C[C@H]1C(=O)Nc1cccc(S(F)(F)(F)(F)F)c1. The molecule has 0 spiro atoms. The van der Waals surface area contributed by atoms with E-state index in [9.17, 15) is 33.4 Å². The summed E-state index contributed by atoms with van der Waals surface area (Å²) in [4.78, 5) is 23.2. The minimum Gasteiger partial charge on any atom is -0.444 e. The molecule has 28 heavy (non-hydrogen) atoms. The lowest BCUT2D eigenvalue weighted by Gasteiger charge is -2.40. The molecule has 1 heterocycles. The number of ether oxygens (including phenoxy) is 1. The summed E-state index contributed by atoms with van der Waals surface area (Å²) in [5.74, 6) is -1.01. The molecule has 0 unspecified atom stereocenters.